The second-order valence-electron chi connectivity index (χ2n) is 7.36. The highest BCUT2D eigenvalue weighted by atomic mass is 16.5. The molecule has 1 heterocycles. The molecule has 1 amide bonds. The number of benzene rings is 1. The Hall–Kier alpha value is -2.81. The molecule has 2 fully saturated rings. The number of aryl methyl sites for hydroxylation is 1. The van der Waals surface area contributed by atoms with Crippen LogP contribution in [0.4, 0.5) is 0 Å². The number of primary amides is 1. The first-order valence-electron chi connectivity index (χ1n) is 9.09. The summed E-state index contributed by atoms with van der Waals surface area (Å²) in [6.45, 7) is 3.68. The highest BCUT2D eigenvalue weighted by molar-refractivity contribution is 5.78. The van der Waals surface area contributed by atoms with Crippen LogP contribution in [0.3, 0.4) is 0 Å². The maximum absolute atomic E-state index is 11.8. The molecule has 0 saturated heterocycles. The van der Waals surface area contributed by atoms with E-state index < -0.39 is 11.9 Å². The molecule has 4 rings (SSSR count). The van der Waals surface area contributed by atoms with Crippen LogP contribution in [-0.2, 0) is 4.79 Å². The highest BCUT2D eigenvalue weighted by Crippen LogP contribution is 2.52. The van der Waals surface area contributed by atoms with Gasteiger partial charge in [-0.3, -0.25) is 9.48 Å². The third kappa shape index (κ3) is 2.94. The fourth-order valence-electron chi connectivity index (χ4n) is 3.27. The van der Waals surface area contributed by atoms with Crippen molar-refractivity contribution < 1.29 is 9.53 Å². The lowest BCUT2D eigenvalue weighted by atomic mass is 10.1. The molecule has 2 N–H and O–H groups in total. The van der Waals surface area contributed by atoms with Gasteiger partial charge in [0, 0.05) is 11.8 Å². The fourth-order valence-corrected chi connectivity index (χ4v) is 3.27. The summed E-state index contributed by atoms with van der Waals surface area (Å²) in [6.07, 6.45) is 4.33. The zero-order valence-corrected chi connectivity index (χ0v) is 15.0. The summed E-state index contributed by atoms with van der Waals surface area (Å²) in [5.74, 6) is 1.84. The van der Waals surface area contributed by atoms with Crippen molar-refractivity contribution in [2.45, 2.75) is 57.4 Å². The normalized spacial score (nSPS) is 17.6. The molecule has 26 heavy (non-hydrogen) atoms. The van der Waals surface area contributed by atoms with Gasteiger partial charge in [-0.25, -0.2) is 0 Å². The van der Waals surface area contributed by atoms with Crippen molar-refractivity contribution in [3.63, 3.8) is 0 Å². The Balaban J connectivity index is 1.78. The zero-order valence-electron chi connectivity index (χ0n) is 15.0. The summed E-state index contributed by atoms with van der Waals surface area (Å²) < 4.78 is 8.07. The second kappa shape index (κ2) is 6.17. The van der Waals surface area contributed by atoms with Crippen LogP contribution in [-0.4, -0.2) is 15.7 Å². The van der Waals surface area contributed by atoms with E-state index in [4.69, 9.17) is 20.8 Å². The van der Waals surface area contributed by atoms with Crippen LogP contribution in [0.25, 0.3) is 0 Å². The van der Waals surface area contributed by atoms with E-state index in [-0.39, 0.29) is 0 Å². The predicted molar refractivity (Wildman–Crippen MR) is 96.1 cm³/mol. The van der Waals surface area contributed by atoms with Gasteiger partial charge in [-0.2, -0.15) is 10.4 Å². The second-order valence-corrected chi connectivity index (χ2v) is 7.36. The van der Waals surface area contributed by atoms with E-state index in [2.05, 4.69) is 6.07 Å². The van der Waals surface area contributed by atoms with Gasteiger partial charge in [0.2, 0.25) is 5.91 Å². The van der Waals surface area contributed by atoms with Crippen molar-refractivity contribution in [3.8, 4) is 17.6 Å². The van der Waals surface area contributed by atoms with E-state index in [0.29, 0.717) is 23.1 Å². The van der Waals surface area contributed by atoms with Gasteiger partial charge in [-0.15, -0.1) is 0 Å². The van der Waals surface area contributed by atoms with Crippen LogP contribution in [0.1, 0.15) is 73.0 Å². The Morgan fingerprint density at radius 1 is 1.35 bits per heavy atom. The molecular weight excluding hydrogens is 328 g/mol. The lowest BCUT2D eigenvalue weighted by Crippen LogP contribution is -2.26. The van der Waals surface area contributed by atoms with Crippen LogP contribution in [0.5, 0.6) is 11.5 Å². The maximum Gasteiger partial charge on any atom is 0.242 e. The van der Waals surface area contributed by atoms with E-state index >= 15 is 0 Å². The fraction of sp³-hybridized carbons (Fsp3) is 0.450. The first-order chi connectivity index (χ1) is 12.5. The van der Waals surface area contributed by atoms with Crippen molar-refractivity contribution in [1.29, 1.82) is 5.26 Å². The number of aromatic nitrogens is 2. The van der Waals surface area contributed by atoms with Crippen LogP contribution >= 0.6 is 0 Å². The van der Waals surface area contributed by atoms with Gasteiger partial charge in [0.25, 0.3) is 0 Å². The Kier molecular flexibility index (Phi) is 3.95. The van der Waals surface area contributed by atoms with Crippen molar-refractivity contribution in [3.05, 3.63) is 40.7 Å². The smallest absolute Gasteiger partial charge is 0.242 e. The SMILES string of the molecule is Cc1cc(Oc2c(C3CC3)nn(C(C)C(N)=O)c2C2CC2)ccc1C#N. The molecule has 134 valence electrons. The minimum absolute atomic E-state index is 0.367. The molecule has 6 nitrogen and oxygen atoms in total. The molecule has 2 aromatic rings. The lowest BCUT2D eigenvalue weighted by molar-refractivity contribution is -0.121. The molecule has 2 aliphatic rings. The first kappa shape index (κ1) is 16.6. The van der Waals surface area contributed by atoms with Gasteiger partial charge < -0.3 is 10.5 Å². The number of hydrogen-bond acceptors (Lipinski definition) is 4. The number of ether oxygens (including phenoxy) is 1. The van der Waals surface area contributed by atoms with Gasteiger partial charge in [-0.1, -0.05) is 0 Å². The summed E-state index contributed by atoms with van der Waals surface area (Å²) >= 11 is 0. The summed E-state index contributed by atoms with van der Waals surface area (Å²) in [7, 11) is 0. The molecule has 2 aliphatic carbocycles. The van der Waals surface area contributed by atoms with Gasteiger partial charge in [-0.05, 0) is 63.3 Å². The average molecular weight is 350 g/mol. The van der Waals surface area contributed by atoms with E-state index in [9.17, 15) is 4.79 Å². The standard InChI is InChI=1S/C20H22N4O2/c1-11-9-16(8-7-15(11)10-21)26-19-17(13-3-4-13)23-24(12(2)20(22)25)18(19)14-5-6-14/h7-9,12-14H,3-6H2,1-2H3,(H2,22,25). The number of amides is 1. The van der Waals surface area contributed by atoms with Crippen LogP contribution in [0.15, 0.2) is 18.2 Å². The molecular formula is C20H22N4O2. The maximum atomic E-state index is 11.8. The van der Waals surface area contributed by atoms with E-state index in [1.54, 1.807) is 17.7 Å². The zero-order chi connectivity index (χ0) is 18.4. The number of hydrogen-bond donors (Lipinski definition) is 1. The van der Waals surface area contributed by atoms with Crippen molar-refractivity contribution in [1.82, 2.24) is 9.78 Å². The lowest BCUT2D eigenvalue weighted by Gasteiger charge is -2.14. The van der Waals surface area contributed by atoms with Crippen molar-refractivity contribution >= 4 is 5.91 Å². The molecule has 0 spiro atoms. The quantitative estimate of drug-likeness (QED) is 0.860. The minimum Gasteiger partial charge on any atom is -0.453 e. The van der Waals surface area contributed by atoms with E-state index in [1.807, 2.05) is 19.1 Å². The third-order valence-corrected chi connectivity index (χ3v) is 5.17. The Bertz CT molecular complexity index is 917. The molecule has 1 aromatic heterocycles. The topological polar surface area (TPSA) is 93.9 Å². The molecule has 0 radical (unpaired) electrons. The Labute approximate surface area is 152 Å². The molecule has 2 saturated carbocycles. The summed E-state index contributed by atoms with van der Waals surface area (Å²) in [6, 6.07) is 7.14. The number of nitrogens with zero attached hydrogens (tertiary/aromatic N) is 3. The third-order valence-electron chi connectivity index (χ3n) is 5.17. The molecule has 1 aromatic carbocycles. The molecule has 1 atom stereocenters. The number of nitriles is 1. The number of nitrogens with two attached hydrogens (primary N) is 1. The van der Waals surface area contributed by atoms with Crippen molar-refractivity contribution in [2.75, 3.05) is 0 Å². The molecule has 1 unspecified atom stereocenters. The summed E-state index contributed by atoms with van der Waals surface area (Å²) in [5, 5.41) is 13.9. The predicted octanol–water partition coefficient (Wildman–Crippen LogP) is 3.66. The Morgan fingerprint density at radius 2 is 2.04 bits per heavy atom. The Morgan fingerprint density at radius 3 is 2.58 bits per heavy atom. The van der Waals surface area contributed by atoms with Crippen LogP contribution in [0.2, 0.25) is 0 Å². The monoisotopic (exact) mass is 350 g/mol. The van der Waals surface area contributed by atoms with Gasteiger partial charge in [0.1, 0.15) is 17.5 Å². The molecule has 0 bridgehead atoms. The number of carbonyl (C=O) groups is 1. The van der Waals surface area contributed by atoms with Gasteiger partial charge in [0.15, 0.2) is 5.75 Å². The van der Waals surface area contributed by atoms with E-state index in [0.717, 1.165) is 48.4 Å². The van der Waals surface area contributed by atoms with Gasteiger partial charge >= 0.3 is 0 Å². The number of carbonyl (C=O) groups excluding carboxylic acids is 1. The van der Waals surface area contributed by atoms with Gasteiger partial charge in [0.05, 0.1) is 17.3 Å². The highest BCUT2D eigenvalue weighted by Gasteiger charge is 2.40. The molecule has 0 aliphatic heterocycles. The number of rotatable bonds is 6. The largest absolute Gasteiger partial charge is 0.453 e. The van der Waals surface area contributed by atoms with Crippen LogP contribution in [0, 0.1) is 18.3 Å². The first-order valence-corrected chi connectivity index (χ1v) is 9.09. The molecule has 6 heteroatoms. The average Bonchev–Trinajstić information content (AvgIpc) is 3.52. The van der Waals surface area contributed by atoms with Crippen molar-refractivity contribution in [2.24, 2.45) is 5.73 Å². The van der Waals surface area contributed by atoms with Crippen LogP contribution < -0.4 is 10.5 Å². The van der Waals surface area contributed by atoms with E-state index in [1.165, 1.54) is 0 Å². The summed E-state index contributed by atoms with van der Waals surface area (Å²) in [4.78, 5) is 11.8. The summed E-state index contributed by atoms with van der Waals surface area (Å²) in [5.41, 5.74) is 8.98. The minimum atomic E-state index is -0.497.